The van der Waals surface area contributed by atoms with Crippen LogP contribution in [0.2, 0.25) is 0 Å². The van der Waals surface area contributed by atoms with Crippen LogP contribution >= 0.6 is 22.7 Å². The van der Waals surface area contributed by atoms with Crippen molar-refractivity contribution in [2.24, 2.45) is 0 Å². The molecule has 0 unspecified atom stereocenters. The van der Waals surface area contributed by atoms with Crippen LogP contribution in [-0.4, -0.2) is 20.9 Å². The monoisotopic (exact) mass is 406 g/mol. The molecule has 4 aromatic rings. The van der Waals surface area contributed by atoms with E-state index in [9.17, 15) is 4.79 Å². The summed E-state index contributed by atoms with van der Waals surface area (Å²) in [7, 11) is 0. The van der Waals surface area contributed by atoms with E-state index in [1.807, 2.05) is 49.6 Å². The highest BCUT2D eigenvalue weighted by Crippen LogP contribution is 2.40. The van der Waals surface area contributed by atoms with Crippen LogP contribution < -0.4 is 5.32 Å². The van der Waals surface area contributed by atoms with Gasteiger partial charge in [-0.2, -0.15) is 0 Å². The molecule has 0 aliphatic heterocycles. The highest BCUT2D eigenvalue weighted by molar-refractivity contribution is 7.21. The summed E-state index contributed by atoms with van der Waals surface area (Å²) < 4.78 is 0. The number of fused-ring (bicyclic) bond motifs is 1. The molecular weight excluding hydrogens is 388 g/mol. The van der Waals surface area contributed by atoms with E-state index in [2.05, 4.69) is 15.3 Å². The summed E-state index contributed by atoms with van der Waals surface area (Å²) in [5.74, 6) is 1.28. The maximum Gasteiger partial charge on any atom is 0.267 e. The molecule has 3 aromatic heterocycles. The molecule has 0 spiro atoms. The Bertz CT molecular complexity index is 1190. The number of nitrogens with zero attached hydrogens (tertiary/aromatic N) is 3. The van der Waals surface area contributed by atoms with E-state index in [1.54, 1.807) is 0 Å². The Hall–Kier alpha value is -2.64. The third-order valence-electron chi connectivity index (χ3n) is 4.93. The summed E-state index contributed by atoms with van der Waals surface area (Å²) >= 11 is 2.87. The molecule has 28 heavy (non-hydrogen) atoms. The topological polar surface area (TPSA) is 67.8 Å². The second-order valence-corrected chi connectivity index (χ2v) is 8.89. The highest BCUT2D eigenvalue weighted by atomic mass is 32.1. The minimum Gasteiger partial charge on any atom is -0.297 e. The zero-order valence-electron chi connectivity index (χ0n) is 15.5. The second-order valence-electron chi connectivity index (χ2n) is 7.04. The van der Waals surface area contributed by atoms with Gasteiger partial charge in [0, 0.05) is 22.2 Å². The van der Waals surface area contributed by atoms with Gasteiger partial charge < -0.3 is 0 Å². The molecule has 5 nitrogen and oxygen atoms in total. The fourth-order valence-corrected chi connectivity index (χ4v) is 5.18. The SMILES string of the molecule is Cc1nc(C2CC2)nc2sc(C(=O)Nc3nc(-c4ccccc4)cs3)c(C)c12. The first-order chi connectivity index (χ1) is 13.6. The number of anilines is 1. The lowest BCUT2D eigenvalue weighted by atomic mass is 10.1. The van der Waals surface area contributed by atoms with Crippen molar-refractivity contribution in [1.82, 2.24) is 15.0 Å². The Labute approximate surface area is 170 Å². The van der Waals surface area contributed by atoms with Crippen LogP contribution in [0.3, 0.4) is 0 Å². The number of amides is 1. The van der Waals surface area contributed by atoms with Crippen LogP contribution in [0.5, 0.6) is 0 Å². The molecule has 1 aliphatic carbocycles. The van der Waals surface area contributed by atoms with Crippen LogP contribution in [0.1, 0.15) is 45.5 Å². The largest absolute Gasteiger partial charge is 0.297 e. The Balaban J connectivity index is 1.44. The standard InChI is InChI=1S/C21H18N4OS2/c1-11-16-12(2)22-18(14-8-9-14)24-20(16)28-17(11)19(26)25-21-23-15(10-27-21)13-6-4-3-5-7-13/h3-7,10,14H,8-9H2,1-2H3,(H,23,25,26). The van der Waals surface area contributed by atoms with E-state index in [-0.39, 0.29) is 5.91 Å². The smallest absolute Gasteiger partial charge is 0.267 e. The highest BCUT2D eigenvalue weighted by Gasteiger charge is 2.28. The summed E-state index contributed by atoms with van der Waals surface area (Å²) in [6.45, 7) is 3.97. The van der Waals surface area contributed by atoms with Gasteiger partial charge >= 0.3 is 0 Å². The summed E-state index contributed by atoms with van der Waals surface area (Å²) in [5.41, 5.74) is 3.80. The number of carbonyl (C=O) groups excluding carboxylic acids is 1. The zero-order valence-corrected chi connectivity index (χ0v) is 17.2. The average Bonchev–Trinajstić information content (AvgIpc) is 3.35. The van der Waals surface area contributed by atoms with Gasteiger partial charge in [-0.25, -0.2) is 15.0 Å². The van der Waals surface area contributed by atoms with Gasteiger partial charge in [-0.15, -0.1) is 22.7 Å². The fraction of sp³-hybridized carbons (Fsp3) is 0.238. The molecule has 0 bridgehead atoms. The molecule has 3 heterocycles. The second kappa shape index (κ2) is 6.76. The van der Waals surface area contributed by atoms with Crippen LogP contribution in [-0.2, 0) is 0 Å². The summed E-state index contributed by atoms with van der Waals surface area (Å²) in [6, 6.07) is 9.95. The van der Waals surface area contributed by atoms with E-state index in [1.165, 1.54) is 22.7 Å². The molecule has 0 saturated heterocycles. The van der Waals surface area contributed by atoms with Gasteiger partial charge in [0.2, 0.25) is 0 Å². The van der Waals surface area contributed by atoms with E-state index in [0.717, 1.165) is 51.4 Å². The van der Waals surface area contributed by atoms with Crippen molar-refractivity contribution in [1.29, 1.82) is 0 Å². The molecule has 7 heteroatoms. The molecule has 1 N–H and O–H groups in total. The molecule has 0 atom stereocenters. The first-order valence-corrected chi connectivity index (χ1v) is 10.9. The predicted octanol–water partition coefficient (Wildman–Crippen LogP) is 5.56. The first kappa shape index (κ1) is 17.5. The van der Waals surface area contributed by atoms with Crippen LogP contribution in [0.15, 0.2) is 35.7 Å². The van der Waals surface area contributed by atoms with Crippen LogP contribution in [0, 0.1) is 13.8 Å². The van der Waals surface area contributed by atoms with E-state index >= 15 is 0 Å². The number of thiophene rings is 1. The maximum absolute atomic E-state index is 12.9. The third kappa shape index (κ3) is 3.10. The molecule has 1 aromatic carbocycles. The van der Waals surface area contributed by atoms with Crippen molar-refractivity contribution >= 4 is 43.9 Å². The number of hydrogen-bond acceptors (Lipinski definition) is 6. The van der Waals surface area contributed by atoms with Crippen molar-refractivity contribution in [3.63, 3.8) is 0 Å². The van der Waals surface area contributed by atoms with Crippen LogP contribution in [0.25, 0.3) is 21.5 Å². The zero-order chi connectivity index (χ0) is 19.3. The Morgan fingerprint density at radius 1 is 1.11 bits per heavy atom. The number of benzene rings is 1. The lowest BCUT2D eigenvalue weighted by molar-refractivity contribution is 0.103. The number of hydrogen-bond donors (Lipinski definition) is 1. The molecule has 0 radical (unpaired) electrons. The van der Waals surface area contributed by atoms with E-state index < -0.39 is 0 Å². The molecule has 1 amide bonds. The Morgan fingerprint density at radius 2 is 1.89 bits per heavy atom. The summed E-state index contributed by atoms with van der Waals surface area (Å²) in [6.07, 6.45) is 2.33. The van der Waals surface area contributed by atoms with Gasteiger partial charge in [-0.1, -0.05) is 30.3 Å². The summed E-state index contributed by atoms with van der Waals surface area (Å²) in [5, 5.41) is 6.51. The van der Waals surface area contributed by atoms with Crippen LogP contribution in [0.4, 0.5) is 5.13 Å². The van der Waals surface area contributed by atoms with Crippen molar-refractivity contribution in [3.8, 4) is 11.3 Å². The summed E-state index contributed by atoms with van der Waals surface area (Å²) in [4.78, 5) is 28.4. The van der Waals surface area contributed by atoms with Crippen molar-refractivity contribution in [2.45, 2.75) is 32.6 Å². The number of aryl methyl sites for hydroxylation is 2. The minimum atomic E-state index is -0.137. The average molecular weight is 407 g/mol. The van der Waals surface area contributed by atoms with E-state index in [4.69, 9.17) is 4.98 Å². The molecule has 1 saturated carbocycles. The number of rotatable bonds is 4. The van der Waals surface area contributed by atoms with Gasteiger partial charge in [0.1, 0.15) is 10.7 Å². The minimum absolute atomic E-state index is 0.137. The van der Waals surface area contributed by atoms with Crippen molar-refractivity contribution < 1.29 is 4.79 Å². The normalized spacial score (nSPS) is 13.8. The van der Waals surface area contributed by atoms with Gasteiger partial charge in [0.15, 0.2) is 5.13 Å². The number of nitrogens with one attached hydrogen (secondary N) is 1. The fourth-order valence-electron chi connectivity index (χ4n) is 3.33. The van der Waals surface area contributed by atoms with Crippen molar-refractivity contribution in [2.75, 3.05) is 5.32 Å². The molecule has 1 aliphatic rings. The molecule has 1 fully saturated rings. The third-order valence-corrected chi connectivity index (χ3v) is 6.87. The van der Waals surface area contributed by atoms with Gasteiger partial charge in [0.25, 0.3) is 5.91 Å². The van der Waals surface area contributed by atoms with Crippen molar-refractivity contribution in [3.05, 3.63) is 57.7 Å². The Morgan fingerprint density at radius 3 is 2.64 bits per heavy atom. The number of carbonyl (C=O) groups is 1. The van der Waals surface area contributed by atoms with Gasteiger partial charge in [-0.05, 0) is 32.3 Å². The maximum atomic E-state index is 12.9. The lowest BCUT2D eigenvalue weighted by Gasteiger charge is -2.02. The lowest BCUT2D eigenvalue weighted by Crippen LogP contribution is -2.11. The predicted molar refractivity (Wildman–Crippen MR) is 114 cm³/mol. The number of thiazole rings is 1. The first-order valence-electron chi connectivity index (χ1n) is 9.20. The molecular formula is C21H18N4OS2. The Kier molecular flexibility index (Phi) is 4.21. The number of aromatic nitrogens is 3. The van der Waals surface area contributed by atoms with Gasteiger partial charge in [-0.3, -0.25) is 10.1 Å². The van der Waals surface area contributed by atoms with E-state index in [0.29, 0.717) is 15.9 Å². The molecule has 140 valence electrons. The molecule has 5 rings (SSSR count). The van der Waals surface area contributed by atoms with Gasteiger partial charge in [0.05, 0.1) is 16.3 Å². The quantitative estimate of drug-likeness (QED) is 0.482.